The molecule has 3 fully saturated rings. The van der Waals surface area contributed by atoms with Crippen molar-refractivity contribution in [3.63, 3.8) is 0 Å². The highest BCUT2D eigenvalue weighted by Gasteiger charge is 2.49. The van der Waals surface area contributed by atoms with Gasteiger partial charge in [-0.05, 0) is 62.1 Å². The quantitative estimate of drug-likeness (QED) is 0.633. The summed E-state index contributed by atoms with van der Waals surface area (Å²) >= 11 is 6.42. The van der Waals surface area contributed by atoms with Crippen LogP contribution in [0.3, 0.4) is 0 Å². The second kappa shape index (κ2) is 8.61. The third kappa shape index (κ3) is 4.12. The molecule has 10 heteroatoms. The molecule has 2 N–H and O–H groups in total. The molecule has 0 saturated carbocycles. The number of carbonyl (C=O) groups is 2. The number of likely N-dealkylation sites (N-methyl/N-ethyl adjacent to an activating group) is 1. The molecular weight excluding hydrogens is 464 g/mol. The summed E-state index contributed by atoms with van der Waals surface area (Å²) in [6.45, 7) is 0.964. The van der Waals surface area contributed by atoms with E-state index >= 15 is 0 Å². The number of nitrogens with zero attached hydrogens (tertiary/aromatic N) is 3. The second-order valence-corrected chi connectivity index (χ2v) is 12.3. The number of fused-ring (bicyclic) bond motifs is 3. The lowest BCUT2D eigenvalue weighted by Gasteiger charge is -2.41. The van der Waals surface area contributed by atoms with E-state index in [4.69, 9.17) is 17.3 Å². The van der Waals surface area contributed by atoms with Crippen molar-refractivity contribution in [2.45, 2.75) is 69.5 Å². The van der Waals surface area contributed by atoms with Gasteiger partial charge < -0.3 is 10.6 Å². The van der Waals surface area contributed by atoms with Crippen LogP contribution in [0.1, 0.15) is 60.9 Å². The van der Waals surface area contributed by atoms with Crippen LogP contribution in [-0.2, 0) is 21.4 Å². The minimum Gasteiger partial charge on any atom is -0.328 e. The molecule has 3 atom stereocenters. The molecule has 0 radical (unpaired) electrons. The Morgan fingerprint density at radius 1 is 1.12 bits per heavy atom. The van der Waals surface area contributed by atoms with Gasteiger partial charge in [0.05, 0.1) is 11.4 Å². The number of hydrogen-bond acceptors (Lipinski definition) is 5. The van der Waals surface area contributed by atoms with Gasteiger partial charge in [0.2, 0.25) is 5.91 Å². The molecule has 1 unspecified atom stereocenters. The number of rotatable bonds is 5. The average Bonchev–Trinajstić information content (AvgIpc) is 3.21. The van der Waals surface area contributed by atoms with Gasteiger partial charge in [-0.2, -0.15) is 17.0 Å². The van der Waals surface area contributed by atoms with Gasteiger partial charge in [-0.1, -0.05) is 11.6 Å². The Hall–Kier alpha value is -1.52. The standard InChI is InChI=1S/C23H31ClN4O4S/c1-26-21-13-20(24)19(11-15(21)12-23(26)30)22(29)10-14-8-17-2-3-18(9-14)28(17)33(31,32)27-6-4-16(25)5-7-27/h11,13-14,16-18H,2-10,12,25H2,1H3/t14?,17-,18+. The number of piperidine rings is 2. The smallest absolute Gasteiger partial charge is 0.282 e. The fourth-order valence-corrected chi connectivity index (χ4v) is 8.43. The van der Waals surface area contributed by atoms with Gasteiger partial charge in [-0.25, -0.2) is 0 Å². The van der Waals surface area contributed by atoms with Crippen LogP contribution in [-0.4, -0.2) is 67.0 Å². The molecule has 180 valence electrons. The molecule has 1 aromatic carbocycles. The lowest BCUT2D eigenvalue weighted by Crippen LogP contribution is -2.55. The summed E-state index contributed by atoms with van der Waals surface area (Å²) in [6.07, 6.45) is 5.10. The third-order valence-electron chi connectivity index (χ3n) is 7.87. The molecular formula is C23H31ClN4O4S. The Morgan fingerprint density at radius 2 is 1.76 bits per heavy atom. The number of hydrogen-bond donors (Lipinski definition) is 1. The van der Waals surface area contributed by atoms with Crippen LogP contribution < -0.4 is 10.6 Å². The molecule has 5 rings (SSSR count). The first-order chi connectivity index (χ1) is 15.6. The Morgan fingerprint density at radius 3 is 2.39 bits per heavy atom. The Balaban J connectivity index is 1.27. The molecule has 0 aliphatic carbocycles. The molecule has 2 bridgehead atoms. The van der Waals surface area contributed by atoms with Gasteiger partial charge in [0.15, 0.2) is 5.78 Å². The molecule has 4 aliphatic heterocycles. The first-order valence-electron chi connectivity index (χ1n) is 11.8. The van der Waals surface area contributed by atoms with E-state index in [1.807, 2.05) is 0 Å². The molecule has 8 nitrogen and oxygen atoms in total. The molecule has 0 aromatic heterocycles. The van der Waals surface area contributed by atoms with E-state index in [1.54, 1.807) is 32.7 Å². The number of benzene rings is 1. The van der Waals surface area contributed by atoms with E-state index in [1.165, 1.54) is 0 Å². The Labute approximate surface area is 200 Å². The van der Waals surface area contributed by atoms with Crippen molar-refractivity contribution >= 4 is 39.2 Å². The molecule has 4 heterocycles. The summed E-state index contributed by atoms with van der Waals surface area (Å²) < 4.78 is 30.0. The first kappa shape index (κ1) is 23.2. The third-order valence-corrected chi connectivity index (χ3v) is 10.3. The van der Waals surface area contributed by atoms with Crippen molar-refractivity contribution in [3.8, 4) is 0 Å². The highest BCUT2D eigenvalue weighted by atomic mass is 35.5. The van der Waals surface area contributed by atoms with Crippen LogP contribution in [0.15, 0.2) is 12.1 Å². The van der Waals surface area contributed by atoms with Crippen LogP contribution in [0.2, 0.25) is 5.02 Å². The Bertz CT molecular complexity index is 1070. The summed E-state index contributed by atoms with van der Waals surface area (Å²) in [7, 11) is -1.79. The normalized spacial score (nSPS) is 29.0. The van der Waals surface area contributed by atoms with Crippen molar-refractivity contribution in [1.29, 1.82) is 0 Å². The number of ketones is 1. The van der Waals surface area contributed by atoms with Gasteiger partial charge in [-0.15, -0.1) is 0 Å². The summed E-state index contributed by atoms with van der Waals surface area (Å²) in [5.74, 6) is 0.0897. The average molecular weight is 495 g/mol. The molecule has 33 heavy (non-hydrogen) atoms. The molecule has 0 spiro atoms. The molecule has 3 saturated heterocycles. The lowest BCUT2D eigenvalue weighted by atomic mass is 9.86. The second-order valence-electron chi connectivity index (χ2n) is 10.0. The van der Waals surface area contributed by atoms with E-state index in [9.17, 15) is 18.0 Å². The van der Waals surface area contributed by atoms with Crippen LogP contribution in [0.5, 0.6) is 0 Å². The van der Waals surface area contributed by atoms with E-state index < -0.39 is 10.2 Å². The number of halogens is 1. The van der Waals surface area contributed by atoms with Crippen LogP contribution in [0.25, 0.3) is 0 Å². The fourth-order valence-electron chi connectivity index (χ4n) is 6.09. The summed E-state index contributed by atoms with van der Waals surface area (Å²) in [5, 5.41) is 0.367. The molecule has 1 amide bonds. The van der Waals surface area contributed by atoms with E-state index in [-0.39, 0.29) is 42.2 Å². The maximum atomic E-state index is 13.4. The minimum atomic E-state index is -3.50. The van der Waals surface area contributed by atoms with E-state index in [0.717, 1.165) is 24.1 Å². The van der Waals surface area contributed by atoms with E-state index in [0.29, 0.717) is 55.8 Å². The van der Waals surface area contributed by atoms with Gasteiger partial charge in [0, 0.05) is 55.9 Å². The monoisotopic (exact) mass is 494 g/mol. The number of Topliss-reactive ketones (excluding diaryl/α,β-unsaturated/α-hetero) is 1. The predicted octanol–water partition coefficient (Wildman–Crippen LogP) is 2.34. The number of anilines is 1. The summed E-state index contributed by atoms with van der Waals surface area (Å²) in [6, 6.07) is 3.44. The predicted molar refractivity (Wildman–Crippen MR) is 127 cm³/mol. The lowest BCUT2D eigenvalue weighted by molar-refractivity contribution is -0.117. The number of carbonyl (C=O) groups excluding carboxylic acids is 2. The highest BCUT2D eigenvalue weighted by Crippen LogP contribution is 2.43. The first-order valence-corrected chi connectivity index (χ1v) is 13.6. The number of nitrogens with two attached hydrogens (primary N) is 1. The maximum absolute atomic E-state index is 13.4. The van der Waals surface area contributed by atoms with Gasteiger partial charge in [0.25, 0.3) is 10.2 Å². The summed E-state index contributed by atoms with van der Waals surface area (Å²) in [5.41, 5.74) is 8.01. The van der Waals surface area contributed by atoms with Crippen molar-refractivity contribution in [2.75, 3.05) is 25.0 Å². The van der Waals surface area contributed by atoms with Crippen LogP contribution >= 0.6 is 11.6 Å². The topological polar surface area (TPSA) is 104 Å². The molecule has 4 aliphatic rings. The van der Waals surface area contributed by atoms with Gasteiger partial charge >= 0.3 is 0 Å². The van der Waals surface area contributed by atoms with Crippen molar-refractivity contribution < 1.29 is 18.0 Å². The molecule has 1 aromatic rings. The van der Waals surface area contributed by atoms with Crippen LogP contribution in [0, 0.1) is 5.92 Å². The van der Waals surface area contributed by atoms with Gasteiger partial charge in [-0.3, -0.25) is 9.59 Å². The highest BCUT2D eigenvalue weighted by molar-refractivity contribution is 7.86. The SMILES string of the molecule is CN1C(=O)Cc2cc(C(=O)CC3C[C@H]4CC[C@@H](C3)N4S(=O)(=O)N3CCC(N)CC3)c(Cl)cc21. The van der Waals surface area contributed by atoms with Crippen LogP contribution in [0.4, 0.5) is 5.69 Å². The Kier molecular flexibility index (Phi) is 6.06. The van der Waals surface area contributed by atoms with Crippen molar-refractivity contribution in [3.05, 3.63) is 28.3 Å². The largest absolute Gasteiger partial charge is 0.328 e. The van der Waals surface area contributed by atoms with Crippen molar-refractivity contribution in [1.82, 2.24) is 8.61 Å². The zero-order chi connectivity index (χ0) is 23.5. The minimum absolute atomic E-state index is 0.00786. The van der Waals surface area contributed by atoms with Gasteiger partial charge in [0.1, 0.15) is 0 Å². The van der Waals surface area contributed by atoms with Crippen molar-refractivity contribution in [2.24, 2.45) is 11.7 Å². The van der Waals surface area contributed by atoms with E-state index in [2.05, 4.69) is 0 Å². The zero-order valence-corrected chi connectivity index (χ0v) is 20.4. The number of amides is 1. The maximum Gasteiger partial charge on any atom is 0.282 e. The summed E-state index contributed by atoms with van der Waals surface area (Å²) in [4.78, 5) is 26.7. The zero-order valence-electron chi connectivity index (χ0n) is 18.9. The fraction of sp³-hybridized carbons (Fsp3) is 0.652.